The van der Waals surface area contributed by atoms with Gasteiger partial charge in [0, 0.05) is 20.6 Å². The van der Waals surface area contributed by atoms with Gasteiger partial charge in [0.25, 0.3) is 5.92 Å². The van der Waals surface area contributed by atoms with Crippen LogP contribution in [-0.2, 0) is 5.92 Å². The molecule has 0 radical (unpaired) electrons. The highest BCUT2D eigenvalue weighted by Gasteiger charge is 2.44. The van der Waals surface area contributed by atoms with Crippen LogP contribution < -0.4 is 0 Å². The molecule has 0 fully saturated rings. The Morgan fingerprint density at radius 2 is 1.53 bits per heavy atom. The van der Waals surface area contributed by atoms with Crippen molar-refractivity contribution >= 4 is 27.5 Å². The molecule has 0 unspecified atom stereocenters. The van der Waals surface area contributed by atoms with Crippen molar-refractivity contribution < 1.29 is 8.78 Å². The number of halogens is 4. The first-order valence-electron chi connectivity index (χ1n) is 4.98. The first-order chi connectivity index (χ1) is 8.00. The molecule has 1 aliphatic carbocycles. The van der Waals surface area contributed by atoms with Gasteiger partial charge in [-0.05, 0) is 35.4 Å². The van der Waals surface area contributed by atoms with E-state index in [9.17, 15) is 8.78 Å². The van der Waals surface area contributed by atoms with Crippen LogP contribution in [-0.4, -0.2) is 0 Å². The molecular weight excluding hydrogens is 309 g/mol. The van der Waals surface area contributed by atoms with Gasteiger partial charge in [0.05, 0.1) is 0 Å². The molecule has 1 aliphatic rings. The van der Waals surface area contributed by atoms with E-state index in [4.69, 9.17) is 11.6 Å². The molecule has 0 atom stereocenters. The SMILES string of the molecule is FC1(F)c2cc(Cl)ccc2-c2ccc(Br)cc21. The molecule has 0 bridgehead atoms. The lowest BCUT2D eigenvalue weighted by atomic mass is 10.1. The molecule has 4 heteroatoms. The molecule has 0 spiro atoms. The van der Waals surface area contributed by atoms with E-state index in [0.717, 1.165) is 0 Å². The summed E-state index contributed by atoms with van der Waals surface area (Å²) in [5.41, 5.74) is 1.15. The molecule has 0 N–H and O–H groups in total. The van der Waals surface area contributed by atoms with Crippen LogP contribution in [0.2, 0.25) is 5.02 Å². The number of rotatable bonds is 0. The summed E-state index contributed by atoms with van der Waals surface area (Å²) in [4.78, 5) is 0. The predicted molar refractivity (Wildman–Crippen MR) is 67.6 cm³/mol. The topological polar surface area (TPSA) is 0 Å². The molecule has 2 aromatic carbocycles. The maximum absolute atomic E-state index is 14.2. The van der Waals surface area contributed by atoms with Crippen molar-refractivity contribution in [3.8, 4) is 11.1 Å². The van der Waals surface area contributed by atoms with Gasteiger partial charge in [-0.25, -0.2) is 0 Å². The van der Waals surface area contributed by atoms with Gasteiger partial charge in [-0.15, -0.1) is 0 Å². The summed E-state index contributed by atoms with van der Waals surface area (Å²) in [5, 5.41) is 0.329. The molecule has 0 aromatic heterocycles. The summed E-state index contributed by atoms with van der Waals surface area (Å²) in [6.07, 6.45) is 0. The largest absolute Gasteiger partial charge is 0.299 e. The molecule has 0 aliphatic heterocycles. The molecule has 2 aromatic rings. The molecule has 17 heavy (non-hydrogen) atoms. The van der Waals surface area contributed by atoms with Crippen LogP contribution in [0.5, 0.6) is 0 Å². The van der Waals surface area contributed by atoms with E-state index >= 15 is 0 Å². The minimum absolute atomic E-state index is 0.0156. The highest BCUT2D eigenvalue weighted by Crippen LogP contribution is 2.51. The molecule has 0 heterocycles. The van der Waals surface area contributed by atoms with Crippen molar-refractivity contribution in [3.05, 3.63) is 57.0 Å². The molecular formula is C13H6BrClF2. The van der Waals surface area contributed by atoms with Crippen LogP contribution in [0.1, 0.15) is 11.1 Å². The normalized spacial score (nSPS) is 15.5. The Labute approximate surface area is 110 Å². The van der Waals surface area contributed by atoms with Crippen molar-refractivity contribution in [1.82, 2.24) is 0 Å². The number of alkyl halides is 2. The lowest BCUT2D eigenvalue weighted by Gasteiger charge is -2.12. The average molecular weight is 316 g/mol. The quantitative estimate of drug-likeness (QED) is 0.625. The molecule has 86 valence electrons. The Hall–Kier alpha value is -0.930. The lowest BCUT2D eigenvalue weighted by molar-refractivity contribution is 0.0479. The van der Waals surface area contributed by atoms with E-state index in [-0.39, 0.29) is 11.1 Å². The van der Waals surface area contributed by atoms with Gasteiger partial charge in [0.1, 0.15) is 0 Å². The first-order valence-corrected chi connectivity index (χ1v) is 6.15. The van der Waals surface area contributed by atoms with E-state index in [1.54, 1.807) is 24.3 Å². The van der Waals surface area contributed by atoms with Crippen LogP contribution in [0.15, 0.2) is 40.9 Å². The van der Waals surface area contributed by atoms with E-state index < -0.39 is 5.92 Å². The van der Waals surface area contributed by atoms with Crippen molar-refractivity contribution in [2.45, 2.75) is 5.92 Å². The fourth-order valence-corrected chi connectivity index (χ4v) is 2.70. The Morgan fingerprint density at radius 1 is 0.941 bits per heavy atom. The minimum Gasteiger partial charge on any atom is -0.196 e. The summed E-state index contributed by atoms with van der Waals surface area (Å²) in [6, 6.07) is 9.54. The zero-order valence-electron chi connectivity index (χ0n) is 8.48. The van der Waals surface area contributed by atoms with E-state index in [2.05, 4.69) is 15.9 Å². The highest BCUT2D eigenvalue weighted by atomic mass is 79.9. The maximum atomic E-state index is 14.2. The number of benzene rings is 2. The second kappa shape index (κ2) is 3.53. The monoisotopic (exact) mass is 314 g/mol. The first kappa shape index (κ1) is 11.2. The lowest BCUT2D eigenvalue weighted by Crippen LogP contribution is -2.10. The van der Waals surface area contributed by atoms with Crippen molar-refractivity contribution in [2.75, 3.05) is 0 Å². The summed E-state index contributed by atoms with van der Waals surface area (Å²) >= 11 is 9.00. The van der Waals surface area contributed by atoms with Crippen LogP contribution in [0.3, 0.4) is 0 Å². The van der Waals surface area contributed by atoms with E-state index in [1.165, 1.54) is 12.1 Å². The third-order valence-corrected chi connectivity index (χ3v) is 3.66. The molecule has 0 saturated heterocycles. The summed E-state index contributed by atoms with van der Waals surface area (Å²) in [5.74, 6) is -2.97. The van der Waals surface area contributed by atoms with Gasteiger partial charge in [-0.3, -0.25) is 0 Å². The van der Waals surface area contributed by atoms with Crippen molar-refractivity contribution in [2.24, 2.45) is 0 Å². The number of hydrogen-bond acceptors (Lipinski definition) is 0. The zero-order chi connectivity index (χ0) is 12.2. The molecule has 0 amide bonds. The standard InChI is InChI=1S/C13H6BrClF2/c14-7-1-3-9-10-4-2-8(15)6-12(10)13(16,17)11(9)5-7/h1-6H. The Morgan fingerprint density at radius 3 is 2.24 bits per heavy atom. The van der Waals surface area contributed by atoms with Crippen LogP contribution >= 0.6 is 27.5 Å². The summed E-state index contributed by atoms with van der Waals surface area (Å²) in [6.45, 7) is 0. The van der Waals surface area contributed by atoms with Gasteiger partial charge in [0.2, 0.25) is 0 Å². The second-order valence-electron chi connectivity index (χ2n) is 3.95. The smallest absolute Gasteiger partial charge is 0.196 e. The third-order valence-electron chi connectivity index (χ3n) is 2.93. The van der Waals surface area contributed by atoms with Crippen LogP contribution in [0, 0.1) is 0 Å². The summed E-state index contributed by atoms with van der Waals surface area (Å²) in [7, 11) is 0. The minimum atomic E-state index is -2.97. The second-order valence-corrected chi connectivity index (χ2v) is 5.31. The van der Waals surface area contributed by atoms with Gasteiger partial charge in [0.15, 0.2) is 0 Å². The van der Waals surface area contributed by atoms with E-state index in [1.807, 2.05) is 0 Å². The van der Waals surface area contributed by atoms with Gasteiger partial charge >= 0.3 is 0 Å². The van der Waals surface area contributed by atoms with Crippen molar-refractivity contribution in [3.63, 3.8) is 0 Å². The third kappa shape index (κ3) is 1.53. The number of fused-ring (bicyclic) bond motifs is 3. The van der Waals surface area contributed by atoms with Gasteiger partial charge in [-0.2, -0.15) is 8.78 Å². The average Bonchev–Trinajstić information content (AvgIpc) is 2.49. The van der Waals surface area contributed by atoms with E-state index in [0.29, 0.717) is 20.6 Å². The van der Waals surface area contributed by atoms with Crippen LogP contribution in [0.25, 0.3) is 11.1 Å². The Kier molecular flexibility index (Phi) is 2.32. The maximum Gasteiger partial charge on any atom is 0.299 e. The number of hydrogen-bond donors (Lipinski definition) is 0. The molecule has 0 saturated carbocycles. The zero-order valence-corrected chi connectivity index (χ0v) is 10.8. The highest BCUT2D eigenvalue weighted by molar-refractivity contribution is 9.10. The molecule has 0 nitrogen and oxygen atoms in total. The Bertz CT molecular complexity index is 569. The Balaban J connectivity index is 2.37. The van der Waals surface area contributed by atoms with Gasteiger partial charge in [-0.1, -0.05) is 39.7 Å². The summed E-state index contributed by atoms with van der Waals surface area (Å²) < 4.78 is 29.1. The van der Waals surface area contributed by atoms with Crippen LogP contribution in [0.4, 0.5) is 8.78 Å². The molecule has 3 rings (SSSR count). The fraction of sp³-hybridized carbons (Fsp3) is 0.0769. The van der Waals surface area contributed by atoms with Gasteiger partial charge < -0.3 is 0 Å². The predicted octanol–water partition coefficient (Wildman–Crippen LogP) is 5.22. The van der Waals surface area contributed by atoms with Crippen molar-refractivity contribution in [1.29, 1.82) is 0 Å². The fourth-order valence-electron chi connectivity index (χ4n) is 2.17.